The van der Waals surface area contributed by atoms with Crippen LogP contribution in [-0.4, -0.2) is 31.9 Å². The molecule has 0 aliphatic carbocycles. The van der Waals surface area contributed by atoms with E-state index in [-0.39, 0.29) is 6.54 Å². The van der Waals surface area contributed by atoms with Crippen LogP contribution in [-0.2, 0) is 16.6 Å². The maximum Gasteiger partial charge on any atom is 0.243 e. The monoisotopic (exact) mass is 308 g/mol. The quantitative estimate of drug-likeness (QED) is 0.749. The minimum atomic E-state index is -3.50. The maximum absolute atomic E-state index is 12.5. The van der Waals surface area contributed by atoms with Crippen molar-refractivity contribution in [3.8, 4) is 12.3 Å². The minimum Gasteiger partial charge on any atom is -0.310 e. The van der Waals surface area contributed by atoms with E-state index in [2.05, 4.69) is 25.1 Å². The smallest absolute Gasteiger partial charge is 0.243 e. The number of hydrogen-bond acceptors (Lipinski definition) is 3. The van der Waals surface area contributed by atoms with E-state index in [1.807, 2.05) is 19.1 Å². The van der Waals surface area contributed by atoms with Gasteiger partial charge in [-0.2, -0.15) is 4.31 Å². The van der Waals surface area contributed by atoms with Gasteiger partial charge in [0.05, 0.1) is 11.4 Å². The summed E-state index contributed by atoms with van der Waals surface area (Å²) in [4.78, 5) is 0.291. The first kappa shape index (κ1) is 17.7. The molecule has 0 aliphatic rings. The van der Waals surface area contributed by atoms with Gasteiger partial charge in [-0.05, 0) is 24.1 Å². The van der Waals surface area contributed by atoms with E-state index in [9.17, 15) is 8.42 Å². The Morgan fingerprint density at radius 3 is 2.38 bits per heavy atom. The number of hydrogen-bond donors (Lipinski definition) is 1. The highest BCUT2D eigenvalue weighted by Crippen LogP contribution is 2.16. The first-order valence-electron chi connectivity index (χ1n) is 7.17. The number of sulfonamides is 1. The molecule has 0 saturated carbocycles. The van der Waals surface area contributed by atoms with Crippen molar-refractivity contribution in [3.63, 3.8) is 0 Å². The predicted octanol–water partition coefficient (Wildman–Crippen LogP) is 2.22. The molecule has 0 heterocycles. The van der Waals surface area contributed by atoms with E-state index < -0.39 is 10.0 Å². The zero-order valence-electron chi connectivity index (χ0n) is 13.0. The van der Waals surface area contributed by atoms with Crippen LogP contribution in [0.3, 0.4) is 0 Å². The van der Waals surface area contributed by atoms with Crippen molar-refractivity contribution in [2.45, 2.75) is 44.7 Å². The molecule has 0 radical (unpaired) electrons. The van der Waals surface area contributed by atoms with Gasteiger partial charge in [-0.1, -0.05) is 38.8 Å². The lowest BCUT2D eigenvalue weighted by Crippen LogP contribution is -2.32. The van der Waals surface area contributed by atoms with E-state index in [4.69, 9.17) is 6.42 Å². The Kier molecular flexibility index (Phi) is 6.90. The van der Waals surface area contributed by atoms with E-state index in [1.54, 1.807) is 12.1 Å². The molecule has 1 aromatic carbocycles. The van der Waals surface area contributed by atoms with Gasteiger partial charge in [0.25, 0.3) is 0 Å². The van der Waals surface area contributed by atoms with Crippen LogP contribution in [0, 0.1) is 12.3 Å². The molecule has 0 aromatic heterocycles. The third-order valence-electron chi connectivity index (χ3n) is 3.02. The summed E-state index contributed by atoms with van der Waals surface area (Å²) in [6.45, 7) is 7.33. The second kappa shape index (κ2) is 8.18. The summed E-state index contributed by atoms with van der Waals surface area (Å²) in [6, 6.07) is 7.35. The highest BCUT2D eigenvalue weighted by molar-refractivity contribution is 7.89. The van der Waals surface area contributed by atoms with Crippen LogP contribution in [0.4, 0.5) is 0 Å². The van der Waals surface area contributed by atoms with Crippen LogP contribution in [0.2, 0.25) is 0 Å². The fourth-order valence-corrected chi connectivity index (χ4v) is 3.33. The van der Waals surface area contributed by atoms with Gasteiger partial charge in [-0.3, -0.25) is 0 Å². The zero-order valence-corrected chi connectivity index (χ0v) is 13.8. The molecule has 5 heteroatoms. The molecule has 116 valence electrons. The summed E-state index contributed by atoms with van der Waals surface area (Å²) in [7, 11) is -3.50. The molecule has 0 bridgehead atoms. The SMILES string of the molecule is C#CCN(CCC)S(=O)(=O)c1ccc(CNC(C)C)cc1. The largest absolute Gasteiger partial charge is 0.310 e. The summed E-state index contributed by atoms with van der Waals surface area (Å²) in [5.74, 6) is 2.41. The van der Waals surface area contributed by atoms with E-state index in [1.165, 1.54) is 4.31 Å². The Labute approximate surface area is 128 Å². The molecule has 0 amide bonds. The molecular formula is C16H24N2O2S. The van der Waals surface area contributed by atoms with Crippen LogP contribution >= 0.6 is 0 Å². The molecule has 1 rings (SSSR count). The first-order valence-corrected chi connectivity index (χ1v) is 8.61. The topological polar surface area (TPSA) is 49.4 Å². The molecule has 1 aromatic rings. The average Bonchev–Trinajstić information content (AvgIpc) is 2.45. The second-order valence-corrected chi connectivity index (χ2v) is 7.16. The van der Waals surface area contributed by atoms with Gasteiger partial charge in [0.1, 0.15) is 0 Å². The standard InChI is InChI=1S/C16H24N2O2S/c1-5-11-18(12-6-2)21(19,20)16-9-7-15(8-10-16)13-17-14(3)4/h1,7-10,14,17H,6,11-13H2,2-4H3. The normalized spacial score (nSPS) is 11.8. The van der Waals surface area contributed by atoms with E-state index in [0.717, 1.165) is 18.5 Å². The van der Waals surface area contributed by atoms with Crippen molar-refractivity contribution in [3.05, 3.63) is 29.8 Å². The van der Waals surface area contributed by atoms with E-state index in [0.29, 0.717) is 17.5 Å². The van der Waals surface area contributed by atoms with Gasteiger partial charge in [0.2, 0.25) is 10.0 Å². The summed E-state index contributed by atoms with van der Waals surface area (Å²) < 4.78 is 26.4. The van der Waals surface area contributed by atoms with Gasteiger partial charge >= 0.3 is 0 Å². The lowest BCUT2D eigenvalue weighted by molar-refractivity contribution is 0.445. The minimum absolute atomic E-state index is 0.104. The van der Waals surface area contributed by atoms with Crippen LogP contribution in [0.1, 0.15) is 32.8 Å². The third-order valence-corrected chi connectivity index (χ3v) is 4.88. The van der Waals surface area contributed by atoms with Crippen LogP contribution in [0.5, 0.6) is 0 Å². The average molecular weight is 308 g/mol. The fraction of sp³-hybridized carbons (Fsp3) is 0.500. The molecule has 4 nitrogen and oxygen atoms in total. The first-order chi connectivity index (χ1) is 9.91. The van der Waals surface area contributed by atoms with Crippen LogP contribution in [0.15, 0.2) is 29.2 Å². The molecular weight excluding hydrogens is 284 g/mol. The predicted molar refractivity (Wildman–Crippen MR) is 86.3 cm³/mol. The molecule has 0 fully saturated rings. The Morgan fingerprint density at radius 1 is 1.29 bits per heavy atom. The molecule has 0 saturated heterocycles. The van der Waals surface area contributed by atoms with Crippen LogP contribution in [0.25, 0.3) is 0 Å². The fourth-order valence-electron chi connectivity index (χ4n) is 1.89. The van der Waals surface area contributed by atoms with Crippen molar-refractivity contribution in [2.75, 3.05) is 13.1 Å². The van der Waals surface area contributed by atoms with Crippen molar-refractivity contribution in [1.29, 1.82) is 0 Å². The number of nitrogens with one attached hydrogen (secondary N) is 1. The zero-order chi connectivity index (χ0) is 15.9. The Balaban J connectivity index is 2.90. The van der Waals surface area contributed by atoms with Gasteiger partial charge < -0.3 is 5.32 Å². The Morgan fingerprint density at radius 2 is 1.90 bits per heavy atom. The third kappa shape index (κ3) is 5.16. The van der Waals surface area contributed by atoms with E-state index >= 15 is 0 Å². The van der Waals surface area contributed by atoms with Crippen LogP contribution < -0.4 is 5.32 Å². The van der Waals surface area contributed by atoms with Crippen molar-refractivity contribution in [2.24, 2.45) is 0 Å². The molecule has 21 heavy (non-hydrogen) atoms. The molecule has 1 N–H and O–H groups in total. The van der Waals surface area contributed by atoms with Gasteiger partial charge in [0.15, 0.2) is 0 Å². The summed E-state index contributed by atoms with van der Waals surface area (Å²) in [5, 5.41) is 3.30. The van der Waals surface area contributed by atoms with Crippen molar-refractivity contribution >= 4 is 10.0 Å². The highest BCUT2D eigenvalue weighted by Gasteiger charge is 2.22. The lowest BCUT2D eigenvalue weighted by atomic mass is 10.2. The highest BCUT2D eigenvalue weighted by atomic mass is 32.2. The molecule has 0 aliphatic heterocycles. The molecule has 0 atom stereocenters. The van der Waals surface area contributed by atoms with Crippen molar-refractivity contribution < 1.29 is 8.42 Å². The molecule has 0 unspecified atom stereocenters. The van der Waals surface area contributed by atoms with Gasteiger partial charge in [-0.25, -0.2) is 8.42 Å². The Bertz CT molecular complexity index is 571. The van der Waals surface area contributed by atoms with Gasteiger partial charge in [0, 0.05) is 19.1 Å². The number of terminal acetylenes is 1. The van der Waals surface area contributed by atoms with Gasteiger partial charge in [-0.15, -0.1) is 6.42 Å². The number of rotatable bonds is 8. The summed E-state index contributed by atoms with van der Waals surface area (Å²) in [5.41, 5.74) is 1.06. The lowest BCUT2D eigenvalue weighted by Gasteiger charge is -2.19. The molecule has 0 spiro atoms. The maximum atomic E-state index is 12.5. The van der Waals surface area contributed by atoms with Crippen molar-refractivity contribution in [1.82, 2.24) is 9.62 Å². The summed E-state index contributed by atoms with van der Waals surface area (Å²) in [6.07, 6.45) is 6.00. The Hall–Kier alpha value is -1.35. The summed E-state index contributed by atoms with van der Waals surface area (Å²) >= 11 is 0. The number of benzene rings is 1. The second-order valence-electron chi connectivity index (χ2n) is 5.22. The number of nitrogens with zero attached hydrogens (tertiary/aromatic N) is 1.